The van der Waals surface area contributed by atoms with Crippen molar-refractivity contribution in [1.82, 2.24) is 10.6 Å². The van der Waals surface area contributed by atoms with Crippen molar-refractivity contribution in [2.75, 3.05) is 6.61 Å². The van der Waals surface area contributed by atoms with Gasteiger partial charge in [0.05, 0.1) is 6.61 Å². The number of urea groups is 1. The fourth-order valence-electron chi connectivity index (χ4n) is 2.24. The molecule has 18 heavy (non-hydrogen) atoms. The van der Waals surface area contributed by atoms with Crippen LogP contribution in [0.5, 0.6) is 0 Å². The number of rotatable bonds is 2. The fourth-order valence-corrected chi connectivity index (χ4v) is 2.24. The third-order valence-corrected chi connectivity index (χ3v) is 3.20. The van der Waals surface area contributed by atoms with Gasteiger partial charge in [0, 0.05) is 0 Å². The van der Waals surface area contributed by atoms with Crippen molar-refractivity contribution >= 4 is 17.7 Å². The highest BCUT2D eigenvalue weighted by molar-refractivity contribution is 6.11. The first-order chi connectivity index (χ1) is 8.29. The van der Waals surface area contributed by atoms with Gasteiger partial charge in [-0.2, -0.15) is 0 Å². The molecule has 0 radical (unpaired) electrons. The first kappa shape index (κ1) is 12.9. The van der Waals surface area contributed by atoms with E-state index >= 15 is 0 Å². The van der Waals surface area contributed by atoms with Crippen molar-refractivity contribution in [1.29, 1.82) is 0 Å². The average Bonchev–Trinajstić information content (AvgIpc) is 2.70. The van der Waals surface area contributed by atoms with Gasteiger partial charge in [0.1, 0.15) is 12.2 Å². The van der Waals surface area contributed by atoms with Gasteiger partial charge in [0.15, 0.2) is 5.78 Å². The van der Waals surface area contributed by atoms with Crippen LogP contribution in [0.15, 0.2) is 0 Å². The van der Waals surface area contributed by atoms with Crippen LogP contribution in [0.2, 0.25) is 0 Å². The molecule has 1 spiro atoms. The van der Waals surface area contributed by atoms with E-state index in [0.717, 1.165) is 6.92 Å². The van der Waals surface area contributed by atoms with Gasteiger partial charge in [-0.1, -0.05) is 0 Å². The Bertz CT molecular complexity index is 439. The molecule has 9 heteroatoms. The van der Waals surface area contributed by atoms with E-state index in [2.05, 4.69) is 0 Å². The molecule has 0 aromatic heterocycles. The molecule has 2 rings (SSSR count). The summed E-state index contributed by atoms with van der Waals surface area (Å²) < 4.78 is 5.02. The number of Topliss-reactive ketones (excluding diaryl/α,β-unsaturated/α-hetero) is 1. The van der Waals surface area contributed by atoms with E-state index in [1.807, 2.05) is 5.32 Å². The SMILES string of the molecule is CC(=O)[C@@]1(O)[C@H](O)[C@@H](CO)O[C@@]12NC(=O)NC2=O. The summed E-state index contributed by atoms with van der Waals surface area (Å²) in [5.41, 5.74) is -5.07. The maximum atomic E-state index is 11.7. The molecule has 0 unspecified atom stereocenters. The van der Waals surface area contributed by atoms with Crippen LogP contribution in [-0.4, -0.2) is 63.2 Å². The zero-order chi connectivity index (χ0) is 13.7. The Morgan fingerprint density at radius 1 is 1.50 bits per heavy atom. The second-order valence-corrected chi connectivity index (χ2v) is 4.20. The van der Waals surface area contributed by atoms with E-state index in [1.54, 1.807) is 5.32 Å². The Labute approximate surface area is 101 Å². The minimum atomic E-state index is -2.66. The first-order valence-electron chi connectivity index (χ1n) is 5.13. The van der Waals surface area contributed by atoms with Gasteiger partial charge in [-0.3, -0.25) is 20.2 Å². The van der Waals surface area contributed by atoms with E-state index in [9.17, 15) is 24.6 Å². The smallest absolute Gasteiger partial charge is 0.324 e. The minimum Gasteiger partial charge on any atom is -0.394 e. The largest absolute Gasteiger partial charge is 0.394 e. The molecule has 0 aromatic carbocycles. The standard InChI is InChI=1S/C9H12N2O7/c1-3(13)8(17)5(14)4(2-12)18-9(8)6(15)10-7(16)11-9/h4-5,12,14,17H,2H2,1H3,(H2,10,11,15,16)/t4-,5-,8-,9-/m1/s1. The molecule has 4 atom stereocenters. The van der Waals surface area contributed by atoms with Gasteiger partial charge in [-0.15, -0.1) is 0 Å². The van der Waals surface area contributed by atoms with Crippen LogP contribution in [0.4, 0.5) is 4.79 Å². The topological polar surface area (TPSA) is 145 Å². The molecule has 2 aliphatic rings. The molecule has 2 heterocycles. The quantitative estimate of drug-likeness (QED) is 0.325. The molecule has 0 saturated carbocycles. The number of ketones is 1. The number of aliphatic hydroxyl groups excluding tert-OH is 2. The molecule has 3 amide bonds. The second-order valence-electron chi connectivity index (χ2n) is 4.20. The Morgan fingerprint density at radius 2 is 2.11 bits per heavy atom. The van der Waals surface area contributed by atoms with Gasteiger partial charge in [-0.05, 0) is 6.92 Å². The summed E-state index contributed by atoms with van der Waals surface area (Å²) in [4.78, 5) is 34.4. The average molecular weight is 260 g/mol. The Kier molecular flexibility index (Phi) is 2.66. The number of hydrogen-bond acceptors (Lipinski definition) is 7. The van der Waals surface area contributed by atoms with E-state index in [-0.39, 0.29) is 0 Å². The maximum absolute atomic E-state index is 11.7. The van der Waals surface area contributed by atoms with Gasteiger partial charge < -0.3 is 20.1 Å². The molecular formula is C9H12N2O7. The van der Waals surface area contributed by atoms with Crippen LogP contribution < -0.4 is 10.6 Å². The Balaban J connectivity index is 2.55. The van der Waals surface area contributed by atoms with Crippen molar-refractivity contribution in [2.24, 2.45) is 0 Å². The van der Waals surface area contributed by atoms with Gasteiger partial charge in [0.25, 0.3) is 11.6 Å². The summed E-state index contributed by atoms with van der Waals surface area (Å²) in [6.07, 6.45) is -3.22. The highest BCUT2D eigenvalue weighted by atomic mass is 16.6. The van der Waals surface area contributed by atoms with Gasteiger partial charge >= 0.3 is 6.03 Å². The highest BCUT2D eigenvalue weighted by Gasteiger charge is 2.74. The van der Waals surface area contributed by atoms with E-state index in [0.29, 0.717) is 0 Å². The number of aliphatic hydroxyl groups is 3. The van der Waals surface area contributed by atoms with Gasteiger partial charge in [-0.25, -0.2) is 4.79 Å². The molecule has 100 valence electrons. The number of ether oxygens (including phenoxy) is 1. The van der Waals surface area contributed by atoms with Crippen LogP contribution in [0, 0.1) is 0 Å². The van der Waals surface area contributed by atoms with Crippen LogP contribution in [0.1, 0.15) is 6.92 Å². The third kappa shape index (κ3) is 1.27. The molecule has 2 fully saturated rings. The predicted molar refractivity (Wildman–Crippen MR) is 53.0 cm³/mol. The predicted octanol–water partition coefficient (Wildman–Crippen LogP) is -3.41. The third-order valence-electron chi connectivity index (χ3n) is 3.20. The molecule has 0 aliphatic carbocycles. The molecule has 2 saturated heterocycles. The molecular weight excluding hydrogens is 248 g/mol. The number of carbonyl (C=O) groups excluding carboxylic acids is 3. The molecule has 2 aliphatic heterocycles. The van der Waals surface area contributed by atoms with E-state index < -0.39 is 47.9 Å². The Morgan fingerprint density at radius 3 is 2.50 bits per heavy atom. The number of hydrogen-bond donors (Lipinski definition) is 5. The van der Waals surface area contributed by atoms with Crippen LogP contribution >= 0.6 is 0 Å². The van der Waals surface area contributed by atoms with Crippen molar-refractivity contribution < 1.29 is 34.4 Å². The van der Waals surface area contributed by atoms with Crippen LogP contribution in [-0.2, 0) is 14.3 Å². The summed E-state index contributed by atoms with van der Waals surface area (Å²) in [6.45, 7) is 0.202. The lowest BCUT2D eigenvalue weighted by Crippen LogP contribution is -2.69. The minimum absolute atomic E-state index is 0.734. The summed E-state index contributed by atoms with van der Waals surface area (Å²) in [5, 5.41) is 32.9. The van der Waals surface area contributed by atoms with Crippen LogP contribution in [0.3, 0.4) is 0 Å². The highest BCUT2D eigenvalue weighted by Crippen LogP contribution is 2.40. The van der Waals surface area contributed by atoms with Crippen molar-refractivity contribution in [3.63, 3.8) is 0 Å². The Hall–Kier alpha value is -1.55. The fraction of sp³-hybridized carbons (Fsp3) is 0.667. The summed E-state index contributed by atoms with van der Waals surface area (Å²) in [6, 6.07) is -0.967. The molecule has 5 N–H and O–H groups in total. The second kappa shape index (κ2) is 3.72. The summed E-state index contributed by atoms with van der Waals surface area (Å²) in [7, 11) is 0. The molecule has 0 aromatic rings. The summed E-state index contributed by atoms with van der Waals surface area (Å²) in [5.74, 6) is -2.07. The van der Waals surface area contributed by atoms with Crippen molar-refractivity contribution in [3.8, 4) is 0 Å². The number of carbonyl (C=O) groups is 3. The lowest BCUT2D eigenvalue weighted by atomic mass is 9.82. The lowest BCUT2D eigenvalue weighted by molar-refractivity contribution is -0.179. The zero-order valence-electron chi connectivity index (χ0n) is 9.34. The molecule has 0 bridgehead atoms. The zero-order valence-corrected chi connectivity index (χ0v) is 9.34. The van der Waals surface area contributed by atoms with Crippen molar-refractivity contribution in [2.45, 2.75) is 30.5 Å². The van der Waals surface area contributed by atoms with Crippen molar-refractivity contribution in [3.05, 3.63) is 0 Å². The van der Waals surface area contributed by atoms with Crippen LogP contribution in [0.25, 0.3) is 0 Å². The monoisotopic (exact) mass is 260 g/mol. The number of nitrogens with one attached hydrogen (secondary N) is 2. The van der Waals surface area contributed by atoms with E-state index in [1.165, 1.54) is 0 Å². The first-order valence-corrected chi connectivity index (χ1v) is 5.13. The lowest BCUT2D eigenvalue weighted by Gasteiger charge is -2.33. The number of imide groups is 1. The molecule has 9 nitrogen and oxygen atoms in total. The number of amides is 3. The maximum Gasteiger partial charge on any atom is 0.324 e. The normalized spacial score (nSPS) is 43.1. The van der Waals surface area contributed by atoms with Gasteiger partial charge in [0.2, 0.25) is 5.60 Å². The van der Waals surface area contributed by atoms with E-state index in [4.69, 9.17) is 9.84 Å². The summed E-state index contributed by atoms with van der Waals surface area (Å²) >= 11 is 0.